The lowest BCUT2D eigenvalue weighted by Gasteiger charge is -2.30. The molecule has 1 aliphatic rings. The second-order valence-electron chi connectivity index (χ2n) is 5.08. The first kappa shape index (κ1) is 12.3. The SMILES string of the molecule is CSC1CCCCN(CC(C)(C)N)C1. The standard InChI is InChI=1S/C11H24N2S/c1-11(2,12)9-13-7-5-4-6-10(8-13)14-3/h10H,4-9,12H2,1-3H3. The number of nitrogens with two attached hydrogens (primary N) is 1. The smallest absolute Gasteiger partial charge is 0.0226 e. The molecule has 84 valence electrons. The minimum Gasteiger partial charge on any atom is -0.324 e. The second kappa shape index (κ2) is 5.38. The largest absolute Gasteiger partial charge is 0.324 e. The fraction of sp³-hybridized carbons (Fsp3) is 1.00. The van der Waals surface area contributed by atoms with Crippen molar-refractivity contribution in [2.75, 3.05) is 25.9 Å². The highest BCUT2D eigenvalue weighted by Gasteiger charge is 2.21. The van der Waals surface area contributed by atoms with Crippen LogP contribution in [0.25, 0.3) is 0 Å². The molecule has 0 aromatic rings. The zero-order valence-corrected chi connectivity index (χ0v) is 10.6. The van der Waals surface area contributed by atoms with Crippen LogP contribution in [-0.4, -0.2) is 41.6 Å². The molecule has 2 N–H and O–H groups in total. The van der Waals surface area contributed by atoms with Gasteiger partial charge in [0.1, 0.15) is 0 Å². The minimum absolute atomic E-state index is 0.0483. The van der Waals surface area contributed by atoms with Gasteiger partial charge in [-0.1, -0.05) is 6.42 Å². The van der Waals surface area contributed by atoms with E-state index in [0.717, 1.165) is 11.8 Å². The van der Waals surface area contributed by atoms with Crippen molar-refractivity contribution in [2.45, 2.75) is 43.9 Å². The molecule has 1 saturated heterocycles. The Bertz CT molecular complexity index is 165. The van der Waals surface area contributed by atoms with E-state index < -0.39 is 0 Å². The molecule has 2 nitrogen and oxygen atoms in total. The van der Waals surface area contributed by atoms with Crippen molar-refractivity contribution in [1.82, 2.24) is 4.90 Å². The van der Waals surface area contributed by atoms with Crippen molar-refractivity contribution >= 4 is 11.8 Å². The van der Waals surface area contributed by atoms with Crippen LogP contribution in [0.15, 0.2) is 0 Å². The number of rotatable bonds is 3. The molecule has 0 amide bonds. The molecule has 14 heavy (non-hydrogen) atoms. The Morgan fingerprint density at radius 1 is 1.43 bits per heavy atom. The van der Waals surface area contributed by atoms with Crippen LogP contribution in [0.1, 0.15) is 33.1 Å². The normalized spacial score (nSPS) is 26.1. The Kier molecular flexibility index (Phi) is 4.74. The first-order chi connectivity index (χ1) is 6.51. The van der Waals surface area contributed by atoms with Gasteiger partial charge < -0.3 is 10.6 Å². The summed E-state index contributed by atoms with van der Waals surface area (Å²) in [6.07, 6.45) is 6.32. The van der Waals surface area contributed by atoms with E-state index in [-0.39, 0.29) is 5.54 Å². The molecule has 0 spiro atoms. The third-order valence-corrected chi connectivity index (χ3v) is 3.73. The van der Waals surface area contributed by atoms with E-state index >= 15 is 0 Å². The van der Waals surface area contributed by atoms with Crippen LogP contribution in [0.3, 0.4) is 0 Å². The number of hydrogen-bond donors (Lipinski definition) is 1. The lowest BCUT2D eigenvalue weighted by molar-refractivity contribution is 0.235. The van der Waals surface area contributed by atoms with Crippen LogP contribution in [-0.2, 0) is 0 Å². The van der Waals surface area contributed by atoms with E-state index in [0.29, 0.717) is 0 Å². The lowest BCUT2D eigenvalue weighted by Crippen LogP contribution is -2.46. The zero-order valence-electron chi connectivity index (χ0n) is 9.75. The van der Waals surface area contributed by atoms with Gasteiger partial charge in [-0.05, 0) is 39.5 Å². The molecule has 3 heteroatoms. The number of hydrogen-bond acceptors (Lipinski definition) is 3. The van der Waals surface area contributed by atoms with Gasteiger partial charge >= 0.3 is 0 Å². The van der Waals surface area contributed by atoms with E-state index in [1.54, 1.807) is 0 Å². The van der Waals surface area contributed by atoms with Gasteiger partial charge in [0.25, 0.3) is 0 Å². The van der Waals surface area contributed by atoms with Crippen molar-refractivity contribution in [1.29, 1.82) is 0 Å². The van der Waals surface area contributed by atoms with Crippen molar-refractivity contribution in [3.8, 4) is 0 Å². The van der Waals surface area contributed by atoms with E-state index in [1.807, 2.05) is 11.8 Å². The van der Waals surface area contributed by atoms with Gasteiger partial charge in [0.05, 0.1) is 0 Å². The van der Waals surface area contributed by atoms with Gasteiger partial charge in [0.2, 0.25) is 0 Å². The second-order valence-corrected chi connectivity index (χ2v) is 6.22. The van der Waals surface area contributed by atoms with Crippen LogP contribution >= 0.6 is 11.8 Å². The van der Waals surface area contributed by atoms with Gasteiger partial charge in [-0.15, -0.1) is 0 Å². The summed E-state index contributed by atoms with van der Waals surface area (Å²) in [5.74, 6) is 0. The Balaban J connectivity index is 2.43. The first-order valence-electron chi connectivity index (χ1n) is 5.55. The van der Waals surface area contributed by atoms with Crippen LogP contribution < -0.4 is 5.73 Å². The van der Waals surface area contributed by atoms with Crippen molar-refractivity contribution in [3.05, 3.63) is 0 Å². The summed E-state index contributed by atoms with van der Waals surface area (Å²) in [5, 5.41) is 0.819. The topological polar surface area (TPSA) is 29.3 Å². The maximum atomic E-state index is 6.06. The maximum absolute atomic E-state index is 6.06. The zero-order chi connectivity index (χ0) is 10.6. The highest BCUT2D eigenvalue weighted by atomic mass is 32.2. The third-order valence-electron chi connectivity index (χ3n) is 2.68. The summed E-state index contributed by atoms with van der Waals surface area (Å²) >= 11 is 2.01. The molecular formula is C11H24N2S. The van der Waals surface area contributed by atoms with Gasteiger partial charge in [-0.3, -0.25) is 0 Å². The molecule has 0 aromatic heterocycles. The Morgan fingerprint density at radius 3 is 2.71 bits per heavy atom. The van der Waals surface area contributed by atoms with E-state index in [2.05, 4.69) is 25.0 Å². The highest BCUT2D eigenvalue weighted by Crippen LogP contribution is 2.20. The summed E-state index contributed by atoms with van der Waals surface area (Å²) in [5.41, 5.74) is 6.01. The van der Waals surface area contributed by atoms with Gasteiger partial charge in [-0.25, -0.2) is 0 Å². The summed E-state index contributed by atoms with van der Waals surface area (Å²) < 4.78 is 0. The summed E-state index contributed by atoms with van der Waals surface area (Å²) in [4.78, 5) is 2.54. The van der Waals surface area contributed by atoms with Gasteiger partial charge in [-0.2, -0.15) is 11.8 Å². The third kappa shape index (κ3) is 4.67. The summed E-state index contributed by atoms with van der Waals surface area (Å²) in [7, 11) is 0. The van der Waals surface area contributed by atoms with E-state index in [1.165, 1.54) is 32.4 Å². The molecule has 1 rings (SSSR count). The van der Waals surface area contributed by atoms with Crippen LogP contribution in [0.5, 0.6) is 0 Å². The molecule has 0 radical (unpaired) electrons. The molecular weight excluding hydrogens is 192 g/mol. The number of likely N-dealkylation sites (tertiary alicyclic amines) is 1. The highest BCUT2D eigenvalue weighted by molar-refractivity contribution is 7.99. The molecule has 1 heterocycles. The average molecular weight is 216 g/mol. The predicted octanol–water partition coefficient (Wildman–Crippen LogP) is 1.94. The number of thioether (sulfide) groups is 1. The Labute approximate surface area is 92.6 Å². The molecule has 0 bridgehead atoms. The summed E-state index contributed by atoms with van der Waals surface area (Å²) in [6, 6.07) is 0. The van der Waals surface area contributed by atoms with Crippen LogP contribution in [0, 0.1) is 0 Å². The van der Waals surface area contributed by atoms with E-state index in [9.17, 15) is 0 Å². The van der Waals surface area contributed by atoms with Crippen molar-refractivity contribution in [3.63, 3.8) is 0 Å². The Hall–Kier alpha value is 0.270. The predicted molar refractivity (Wildman–Crippen MR) is 65.9 cm³/mol. The Morgan fingerprint density at radius 2 is 2.14 bits per heavy atom. The van der Waals surface area contributed by atoms with E-state index in [4.69, 9.17) is 5.73 Å². The molecule has 0 aliphatic carbocycles. The monoisotopic (exact) mass is 216 g/mol. The lowest BCUT2D eigenvalue weighted by atomic mass is 10.1. The molecule has 1 fully saturated rings. The van der Waals surface area contributed by atoms with Gasteiger partial charge in [0.15, 0.2) is 0 Å². The number of nitrogens with zero attached hydrogens (tertiary/aromatic N) is 1. The first-order valence-corrected chi connectivity index (χ1v) is 6.84. The maximum Gasteiger partial charge on any atom is 0.0226 e. The fourth-order valence-corrected chi connectivity index (χ4v) is 2.85. The molecule has 1 atom stereocenters. The summed E-state index contributed by atoms with van der Waals surface area (Å²) in [6.45, 7) is 7.72. The van der Waals surface area contributed by atoms with Crippen molar-refractivity contribution < 1.29 is 0 Å². The molecule has 1 aliphatic heterocycles. The fourth-order valence-electron chi connectivity index (χ4n) is 2.09. The molecule has 1 unspecified atom stereocenters. The van der Waals surface area contributed by atoms with Crippen molar-refractivity contribution in [2.24, 2.45) is 5.73 Å². The average Bonchev–Trinajstić information content (AvgIpc) is 2.26. The van der Waals surface area contributed by atoms with Crippen LogP contribution in [0.2, 0.25) is 0 Å². The molecule has 0 aromatic carbocycles. The minimum atomic E-state index is -0.0483. The quantitative estimate of drug-likeness (QED) is 0.782. The molecule has 0 saturated carbocycles. The van der Waals surface area contributed by atoms with Crippen LogP contribution in [0.4, 0.5) is 0 Å². The van der Waals surface area contributed by atoms with Gasteiger partial charge in [0, 0.05) is 23.9 Å².